The minimum Gasteiger partial charge on any atom is -0.469 e. The lowest BCUT2D eigenvalue weighted by Gasteiger charge is -2.27. The molecule has 2 unspecified atom stereocenters. The number of para-hydroxylation sites is 1. The van der Waals surface area contributed by atoms with Gasteiger partial charge in [-0.3, -0.25) is 15.0 Å². The van der Waals surface area contributed by atoms with Crippen molar-refractivity contribution < 1.29 is 45.5 Å². The molecule has 196 valence electrons. The van der Waals surface area contributed by atoms with Gasteiger partial charge in [0.25, 0.3) is 5.91 Å². The van der Waals surface area contributed by atoms with Crippen molar-refractivity contribution >= 4 is 17.9 Å². The summed E-state index contributed by atoms with van der Waals surface area (Å²) in [6.07, 6.45) is -9.01. The fourth-order valence-corrected chi connectivity index (χ4v) is 3.76. The van der Waals surface area contributed by atoms with Gasteiger partial charge in [-0.05, 0) is 19.1 Å². The Morgan fingerprint density at radius 2 is 1.75 bits per heavy atom. The van der Waals surface area contributed by atoms with Gasteiger partial charge >= 0.3 is 24.4 Å². The van der Waals surface area contributed by atoms with E-state index in [1.165, 1.54) is 19.1 Å². The summed E-state index contributed by atoms with van der Waals surface area (Å²) in [5.74, 6) is -6.41. The number of esters is 1. The number of amides is 3. The summed E-state index contributed by atoms with van der Waals surface area (Å²) >= 11 is 0. The van der Waals surface area contributed by atoms with Crippen LogP contribution in [0, 0.1) is 11.8 Å². The van der Waals surface area contributed by atoms with E-state index < -0.39 is 66.4 Å². The van der Waals surface area contributed by atoms with E-state index in [1.54, 1.807) is 18.2 Å². The first-order valence-electron chi connectivity index (χ1n) is 10.5. The number of urea groups is 1. The Labute approximate surface area is 200 Å². The summed E-state index contributed by atoms with van der Waals surface area (Å²) in [5, 5.41) is 4.01. The minimum absolute atomic E-state index is 0.231. The first-order valence-corrected chi connectivity index (χ1v) is 10.5. The molecule has 2 aromatic rings. The van der Waals surface area contributed by atoms with Crippen LogP contribution in [0.5, 0.6) is 0 Å². The number of carbonyl (C=O) groups is 3. The van der Waals surface area contributed by atoms with Gasteiger partial charge in [-0.1, -0.05) is 18.2 Å². The van der Waals surface area contributed by atoms with E-state index in [0.29, 0.717) is 9.91 Å². The van der Waals surface area contributed by atoms with Crippen LogP contribution < -0.4 is 5.43 Å². The quantitative estimate of drug-likeness (QED) is 0.379. The normalized spacial score (nSPS) is 18.2. The van der Waals surface area contributed by atoms with Gasteiger partial charge in [0.2, 0.25) is 0 Å². The molecule has 2 atom stereocenters. The molecule has 0 spiro atoms. The van der Waals surface area contributed by atoms with Crippen LogP contribution in [0.1, 0.15) is 23.0 Å². The molecule has 1 aromatic heterocycles. The second-order valence-electron chi connectivity index (χ2n) is 7.82. The molecule has 0 radical (unpaired) electrons. The maximum atomic E-state index is 13.6. The van der Waals surface area contributed by atoms with Crippen LogP contribution in [-0.4, -0.2) is 70.5 Å². The zero-order valence-corrected chi connectivity index (χ0v) is 18.9. The molecule has 1 aliphatic heterocycles. The molecule has 9 nitrogen and oxygen atoms in total. The summed E-state index contributed by atoms with van der Waals surface area (Å²) in [4.78, 5) is 38.1. The molecule has 0 bridgehead atoms. The second kappa shape index (κ2) is 10.1. The molecule has 1 saturated heterocycles. The van der Waals surface area contributed by atoms with Crippen molar-refractivity contribution in [3.05, 3.63) is 47.8 Å². The lowest BCUT2D eigenvalue weighted by atomic mass is 9.96. The lowest BCUT2D eigenvalue weighted by molar-refractivity contribution is -0.189. The predicted octanol–water partition coefficient (Wildman–Crippen LogP) is 3.26. The SMILES string of the molecule is CCN(NC(=O)c1cn(-c2ccccc2)nc1C(F)(F)F)C(=O)N1CC(C(=O)OC)C(C(F)(F)F)C1. The maximum absolute atomic E-state index is 13.6. The van der Waals surface area contributed by atoms with E-state index >= 15 is 0 Å². The largest absolute Gasteiger partial charge is 0.469 e. The van der Waals surface area contributed by atoms with Crippen LogP contribution in [0.25, 0.3) is 5.69 Å². The molecular formula is C21H21F6N5O4. The Bertz CT molecular complexity index is 1120. The molecular weight excluding hydrogens is 500 g/mol. The third kappa shape index (κ3) is 5.54. The van der Waals surface area contributed by atoms with Gasteiger partial charge in [0, 0.05) is 25.8 Å². The van der Waals surface area contributed by atoms with Crippen molar-refractivity contribution in [1.29, 1.82) is 0 Å². The molecule has 3 amide bonds. The van der Waals surface area contributed by atoms with Crippen LogP contribution in [0.4, 0.5) is 31.1 Å². The highest BCUT2D eigenvalue weighted by molar-refractivity contribution is 5.96. The average molecular weight is 521 g/mol. The van der Waals surface area contributed by atoms with Gasteiger partial charge in [-0.2, -0.15) is 31.4 Å². The highest BCUT2D eigenvalue weighted by Gasteiger charge is 2.54. The molecule has 0 aliphatic carbocycles. The number of likely N-dealkylation sites (tertiary alicyclic amines) is 1. The smallest absolute Gasteiger partial charge is 0.435 e. The number of nitrogens with one attached hydrogen (secondary N) is 1. The van der Waals surface area contributed by atoms with Gasteiger partial charge in [0.05, 0.1) is 30.2 Å². The molecule has 1 aromatic carbocycles. The van der Waals surface area contributed by atoms with Crippen LogP contribution in [-0.2, 0) is 15.7 Å². The number of nitrogens with zero attached hydrogens (tertiary/aromatic N) is 4. The average Bonchev–Trinajstić information content (AvgIpc) is 3.47. The Kier molecular flexibility index (Phi) is 7.50. The van der Waals surface area contributed by atoms with Crippen molar-refractivity contribution in [3.63, 3.8) is 0 Å². The van der Waals surface area contributed by atoms with E-state index in [-0.39, 0.29) is 12.2 Å². The van der Waals surface area contributed by atoms with Crippen molar-refractivity contribution in [2.75, 3.05) is 26.7 Å². The summed E-state index contributed by atoms with van der Waals surface area (Å²) in [6, 6.07) is 6.51. The Balaban J connectivity index is 1.84. The van der Waals surface area contributed by atoms with E-state index in [2.05, 4.69) is 9.84 Å². The van der Waals surface area contributed by atoms with E-state index in [4.69, 9.17) is 0 Å². The standard InChI is InChI=1S/C21H21F6N5O4/c1-3-31(19(35)30-9-13(18(34)36-2)15(11-30)20(22,23)24)29-17(33)14-10-32(12-7-5-4-6-8-12)28-16(14)21(25,26)27/h4-8,10,13,15H,3,9,11H2,1-2H3,(H,29,33). The number of aromatic nitrogens is 2. The Morgan fingerprint density at radius 3 is 2.28 bits per heavy atom. The zero-order chi connectivity index (χ0) is 26.8. The number of hydrogen-bond acceptors (Lipinski definition) is 5. The van der Waals surface area contributed by atoms with Crippen molar-refractivity contribution in [2.24, 2.45) is 11.8 Å². The van der Waals surface area contributed by atoms with Crippen LogP contribution in [0.2, 0.25) is 0 Å². The summed E-state index contributed by atoms with van der Waals surface area (Å²) < 4.78 is 86.2. The number of hydrazine groups is 1. The van der Waals surface area contributed by atoms with Crippen molar-refractivity contribution in [1.82, 2.24) is 25.1 Å². The Hall–Kier alpha value is -3.78. The molecule has 3 rings (SSSR count). The van der Waals surface area contributed by atoms with Crippen LogP contribution in [0.3, 0.4) is 0 Å². The summed E-state index contributed by atoms with van der Waals surface area (Å²) in [7, 11) is 0.909. The number of carbonyl (C=O) groups excluding carboxylic acids is 3. The number of ether oxygens (including phenoxy) is 1. The molecule has 36 heavy (non-hydrogen) atoms. The molecule has 2 heterocycles. The number of alkyl halides is 6. The predicted molar refractivity (Wildman–Crippen MR) is 110 cm³/mol. The first-order chi connectivity index (χ1) is 16.8. The molecule has 1 fully saturated rings. The topological polar surface area (TPSA) is 96.8 Å². The van der Waals surface area contributed by atoms with Gasteiger partial charge in [0.1, 0.15) is 0 Å². The Morgan fingerprint density at radius 1 is 1.11 bits per heavy atom. The molecule has 0 saturated carbocycles. The van der Waals surface area contributed by atoms with E-state index in [9.17, 15) is 40.7 Å². The zero-order valence-electron chi connectivity index (χ0n) is 18.9. The van der Waals surface area contributed by atoms with Crippen molar-refractivity contribution in [2.45, 2.75) is 19.3 Å². The number of rotatable bonds is 4. The highest BCUT2D eigenvalue weighted by atomic mass is 19.4. The van der Waals surface area contributed by atoms with E-state index in [1.807, 2.05) is 5.43 Å². The molecule has 1 aliphatic rings. The van der Waals surface area contributed by atoms with E-state index in [0.717, 1.165) is 18.0 Å². The highest BCUT2D eigenvalue weighted by Crippen LogP contribution is 2.38. The third-order valence-corrected chi connectivity index (χ3v) is 5.55. The van der Waals surface area contributed by atoms with Gasteiger partial charge in [0.15, 0.2) is 5.69 Å². The van der Waals surface area contributed by atoms with Crippen LogP contribution in [0.15, 0.2) is 36.5 Å². The molecule has 1 N–H and O–H groups in total. The number of methoxy groups -OCH3 is 1. The van der Waals surface area contributed by atoms with Crippen molar-refractivity contribution in [3.8, 4) is 5.69 Å². The fraction of sp³-hybridized carbons (Fsp3) is 0.429. The van der Waals surface area contributed by atoms with Gasteiger partial charge in [-0.25, -0.2) is 14.5 Å². The molecule has 15 heteroatoms. The number of halogens is 6. The number of benzene rings is 1. The van der Waals surface area contributed by atoms with Gasteiger partial charge < -0.3 is 9.64 Å². The lowest BCUT2D eigenvalue weighted by Crippen LogP contribution is -2.52. The van der Waals surface area contributed by atoms with Crippen LogP contribution >= 0.6 is 0 Å². The maximum Gasteiger partial charge on any atom is 0.435 e. The number of hydrogen-bond donors (Lipinski definition) is 1. The third-order valence-electron chi connectivity index (χ3n) is 5.55. The monoisotopic (exact) mass is 521 g/mol. The first kappa shape index (κ1) is 26.8. The summed E-state index contributed by atoms with van der Waals surface area (Å²) in [6.45, 7) is -0.490. The summed E-state index contributed by atoms with van der Waals surface area (Å²) in [5.41, 5.74) is -0.188. The fourth-order valence-electron chi connectivity index (χ4n) is 3.76. The minimum atomic E-state index is -5.02. The van der Waals surface area contributed by atoms with Gasteiger partial charge in [-0.15, -0.1) is 0 Å². The second-order valence-corrected chi connectivity index (χ2v) is 7.82.